The van der Waals surface area contributed by atoms with E-state index < -0.39 is 0 Å². The van der Waals surface area contributed by atoms with Crippen LogP contribution in [0.4, 0.5) is 5.69 Å². The lowest BCUT2D eigenvalue weighted by Crippen LogP contribution is -2.25. The maximum Gasteiger partial charge on any atom is 0.282 e. The fourth-order valence-corrected chi connectivity index (χ4v) is 2.87. The molecule has 3 aromatic carbocycles. The number of para-hydroxylation sites is 2. The lowest BCUT2D eigenvalue weighted by Gasteiger charge is -2.10. The van der Waals surface area contributed by atoms with Crippen LogP contribution >= 0.6 is 0 Å². The summed E-state index contributed by atoms with van der Waals surface area (Å²) in [6.07, 6.45) is 1.72. The Bertz CT molecular complexity index is 1060. The van der Waals surface area contributed by atoms with Crippen molar-refractivity contribution in [3.05, 3.63) is 96.1 Å². The SMILES string of the molecule is COONC1=NN(c2ccccc2)C(=O)/C1=C\c1ccc(Oc2ccccc2)cc1. The minimum Gasteiger partial charge on any atom is -0.457 e. The summed E-state index contributed by atoms with van der Waals surface area (Å²) in [4.78, 5) is 22.3. The number of amides is 1. The van der Waals surface area contributed by atoms with Gasteiger partial charge in [0.05, 0.1) is 18.4 Å². The van der Waals surface area contributed by atoms with Gasteiger partial charge in [0.15, 0.2) is 5.84 Å². The zero-order valence-electron chi connectivity index (χ0n) is 16.2. The van der Waals surface area contributed by atoms with E-state index in [1.54, 1.807) is 18.2 Å². The number of rotatable bonds is 6. The minimum absolute atomic E-state index is 0.246. The molecule has 0 fully saturated rings. The maximum absolute atomic E-state index is 13.0. The first kappa shape index (κ1) is 19.4. The standard InChI is InChI=1S/C23H19N3O4/c1-28-30-25-22-21(23(27)26(24-22)18-8-4-2-5-9-18)16-17-12-14-20(15-13-17)29-19-10-6-3-7-11-19/h2-16H,1H3,(H,24,25)/b21-16-. The molecule has 7 heteroatoms. The Balaban J connectivity index is 1.57. The molecule has 0 atom stereocenters. The predicted molar refractivity (Wildman–Crippen MR) is 114 cm³/mol. The lowest BCUT2D eigenvalue weighted by molar-refractivity contribution is -0.300. The first-order valence-electron chi connectivity index (χ1n) is 9.23. The van der Waals surface area contributed by atoms with E-state index in [4.69, 9.17) is 9.73 Å². The lowest BCUT2D eigenvalue weighted by atomic mass is 10.1. The van der Waals surface area contributed by atoms with Crippen LogP contribution in [0.15, 0.2) is 95.6 Å². The van der Waals surface area contributed by atoms with Gasteiger partial charge in [-0.05, 0) is 48.0 Å². The molecule has 1 amide bonds. The van der Waals surface area contributed by atoms with Gasteiger partial charge >= 0.3 is 0 Å². The van der Waals surface area contributed by atoms with E-state index in [1.807, 2.05) is 72.8 Å². The summed E-state index contributed by atoms with van der Waals surface area (Å²) in [5.74, 6) is 1.41. The van der Waals surface area contributed by atoms with Crippen molar-refractivity contribution < 1.29 is 19.4 Å². The van der Waals surface area contributed by atoms with Crippen LogP contribution in [-0.4, -0.2) is 18.9 Å². The summed E-state index contributed by atoms with van der Waals surface area (Å²) in [7, 11) is 1.36. The number of nitrogens with zero attached hydrogens (tertiary/aromatic N) is 2. The van der Waals surface area contributed by atoms with Crippen LogP contribution in [0.5, 0.6) is 11.5 Å². The predicted octanol–water partition coefficient (Wildman–Crippen LogP) is 4.31. The number of hydrazone groups is 1. The summed E-state index contributed by atoms with van der Waals surface area (Å²) < 4.78 is 5.81. The van der Waals surface area contributed by atoms with Gasteiger partial charge in [-0.1, -0.05) is 48.5 Å². The molecule has 1 heterocycles. The van der Waals surface area contributed by atoms with E-state index in [1.165, 1.54) is 12.1 Å². The maximum atomic E-state index is 13.0. The molecule has 0 unspecified atom stereocenters. The molecule has 4 rings (SSSR count). The zero-order chi connectivity index (χ0) is 20.8. The van der Waals surface area contributed by atoms with Crippen molar-refractivity contribution in [3.63, 3.8) is 0 Å². The molecule has 1 aliphatic heterocycles. The second kappa shape index (κ2) is 9.04. The number of hydrogen-bond acceptors (Lipinski definition) is 6. The molecule has 0 saturated heterocycles. The number of carbonyl (C=O) groups is 1. The molecule has 0 radical (unpaired) electrons. The topological polar surface area (TPSA) is 72.4 Å². The number of benzene rings is 3. The van der Waals surface area contributed by atoms with Crippen LogP contribution < -0.4 is 15.2 Å². The Morgan fingerprint density at radius 3 is 2.17 bits per heavy atom. The van der Waals surface area contributed by atoms with Crippen LogP contribution in [0.25, 0.3) is 6.08 Å². The average molecular weight is 401 g/mol. The highest BCUT2D eigenvalue weighted by molar-refractivity contribution is 6.31. The zero-order valence-corrected chi connectivity index (χ0v) is 16.2. The Hall–Kier alpha value is -3.94. The van der Waals surface area contributed by atoms with Crippen LogP contribution in [0.3, 0.4) is 0 Å². The summed E-state index contributed by atoms with van der Waals surface area (Å²) in [6.45, 7) is 0. The van der Waals surface area contributed by atoms with Crippen molar-refractivity contribution in [2.24, 2.45) is 5.10 Å². The molecule has 1 aliphatic rings. The summed E-state index contributed by atoms with van der Waals surface area (Å²) >= 11 is 0. The van der Waals surface area contributed by atoms with E-state index in [0.717, 1.165) is 11.3 Å². The highest BCUT2D eigenvalue weighted by Gasteiger charge is 2.31. The smallest absolute Gasteiger partial charge is 0.282 e. The molecule has 3 aromatic rings. The third-order valence-corrected chi connectivity index (χ3v) is 4.27. The fraction of sp³-hybridized carbons (Fsp3) is 0.0435. The quantitative estimate of drug-likeness (QED) is 0.379. The van der Waals surface area contributed by atoms with Gasteiger partial charge in [-0.2, -0.15) is 5.01 Å². The van der Waals surface area contributed by atoms with E-state index in [0.29, 0.717) is 17.0 Å². The van der Waals surface area contributed by atoms with Crippen LogP contribution in [0.2, 0.25) is 0 Å². The van der Waals surface area contributed by atoms with Crippen LogP contribution in [0.1, 0.15) is 5.56 Å². The first-order chi connectivity index (χ1) is 14.7. The highest BCUT2D eigenvalue weighted by atomic mass is 17.3. The number of amidine groups is 1. The summed E-state index contributed by atoms with van der Waals surface area (Å²) in [5, 5.41) is 5.62. The highest BCUT2D eigenvalue weighted by Crippen LogP contribution is 2.26. The Morgan fingerprint density at radius 2 is 1.50 bits per heavy atom. The molecule has 1 N–H and O–H groups in total. The number of carbonyl (C=O) groups excluding carboxylic acids is 1. The molecular formula is C23H19N3O4. The molecule has 0 aromatic heterocycles. The molecule has 0 aliphatic carbocycles. The van der Waals surface area contributed by atoms with Crippen molar-refractivity contribution in [1.82, 2.24) is 5.48 Å². The molecule has 0 saturated carbocycles. The summed E-state index contributed by atoms with van der Waals surface area (Å²) in [6, 6.07) is 26.1. The van der Waals surface area contributed by atoms with Gasteiger partial charge in [0, 0.05) is 0 Å². The number of anilines is 1. The second-order valence-electron chi connectivity index (χ2n) is 6.30. The monoisotopic (exact) mass is 401 g/mol. The van der Waals surface area contributed by atoms with E-state index in [2.05, 4.69) is 15.5 Å². The van der Waals surface area contributed by atoms with Gasteiger partial charge < -0.3 is 4.74 Å². The van der Waals surface area contributed by atoms with Gasteiger partial charge in [0.2, 0.25) is 0 Å². The first-order valence-corrected chi connectivity index (χ1v) is 9.23. The Labute approximate surface area is 173 Å². The van der Waals surface area contributed by atoms with Crippen molar-refractivity contribution in [2.45, 2.75) is 0 Å². The van der Waals surface area contributed by atoms with Crippen molar-refractivity contribution in [1.29, 1.82) is 0 Å². The van der Waals surface area contributed by atoms with Gasteiger partial charge in [0.25, 0.3) is 5.91 Å². The third kappa shape index (κ3) is 4.38. The molecule has 0 spiro atoms. The van der Waals surface area contributed by atoms with Gasteiger partial charge in [0.1, 0.15) is 11.5 Å². The van der Waals surface area contributed by atoms with Gasteiger partial charge in [-0.3, -0.25) is 4.79 Å². The number of ether oxygens (including phenoxy) is 1. The molecule has 7 nitrogen and oxygen atoms in total. The molecule has 30 heavy (non-hydrogen) atoms. The normalized spacial score (nSPS) is 14.7. The largest absolute Gasteiger partial charge is 0.457 e. The number of hydroxylamine groups is 1. The van der Waals surface area contributed by atoms with Crippen LogP contribution in [0, 0.1) is 0 Å². The molecule has 0 bridgehead atoms. The van der Waals surface area contributed by atoms with E-state index >= 15 is 0 Å². The average Bonchev–Trinajstić information content (AvgIpc) is 3.10. The number of hydrogen-bond donors (Lipinski definition) is 1. The Kier molecular flexibility index (Phi) is 5.84. The minimum atomic E-state index is -0.284. The Morgan fingerprint density at radius 1 is 0.867 bits per heavy atom. The van der Waals surface area contributed by atoms with Gasteiger partial charge in [-0.25, -0.2) is 10.4 Å². The van der Waals surface area contributed by atoms with E-state index in [-0.39, 0.29) is 11.7 Å². The molecule has 150 valence electrons. The van der Waals surface area contributed by atoms with Crippen molar-refractivity contribution in [2.75, 3.05) is 12.1 Å². The molecular weight excluding hydrogens is 382 g/mol. The van der Waals surface area contributed by atoms with E-state index in [9.17, 15) is 4.79 Å². The second-order valence-corrected chi connectivity index (χ2v) is 6.30. The van der Waals surface area contributed by atoms with Gasteiger partial charge in [-0.15, -0.1) is 10.1 Å². The van der Waals surface area contributed by atoms with Crippen LogP contribution in [-0.2, 0) is 14.7 Å². The fourth-order valence-electron chi connectivity index (χ4n) is 2.87. The van der Waals surface area contributed by atoms with Crippen molar-refractivity contribution in [3.8, 4) is 11.5 Å². The third-order valence-electron chi connectivity index (χ3n) is 4.27. The number of nitrogens with one attached hydrogen (secondary N) is 1. The summed E-state index contributed by atoms with van der Waals surface area (Å²) in [5.41, 5.74) is 4.34. The van der Waals surface area contributed by atoms with Crippen molar-refractivity contribution >= 4 is 23.5 Å².